The molecule has 0 atom stereocenters. The van der Waals surface area contributed by atoms with Gasteiger partial charge in [0.05, 0.1) is 18.1 Å². The van der Waals surface area contributed by atoms with Crippen LogP contribution in [0.5, 0.6) is 0 Å². The van der Waals surface area contributed by atoms with Gasteiger partial charge in [-0.3, -0.25) is 0 Å². The Balaban J connectivity index is 1.87. The Kier molecular flexibility index (Phi) is 2.02. The quantitative estimate of drug-likeness (QED) is 0.741. The Morgan fingerprint density at radius 2 is 2.00 bits per heavy atom. The van der Waals surface area contributed by atoms with E-state index in [2.05, 4.69) is 28.4 Å². The van der Waals surface area contributed by atoms with E-state index in [1.54, 1.807) is 17.2 Å². The molecule has 0 spiro atoms. The van der Waals surface area contributed by atoms with Crippen molar-refractivity contribution in [1.82, 2.24) is 15.0 Å². The first-order chi connectivity index (χ1) is 7.43. The van der Waals surface area contributed by atoms with E-state index in [-0.39, 0.29) is 0 Å². The minimum absolute atomic E-state index is 0.765. The summed E-state index contributed by atoms with van der Waals surface area (Å²) in [5.74, 6) is 0.765. The van der Waals surface area contributed by atoms with Gasteiger partial charge in [0.15, 0.2) is 0 Å². The van der Waals surface area contributed by atoms with Crippen LogP contribution >= 0.6 is 0 Å². The summed E-state index contributed by atoms with van der Waals surface area (Å²) in [5.41, 5.74) is 2.31. The highest BCUT2D eigenvalue weighted by Gasteiger charge is 2.19. The molecule has 0 amide bonds. The van der Waals surface area contributed by atoms with Crippen LogP contribution in [0.2, 0.25) is 0 Å². The van der Waals surface area contributed by atoms with Crippen LogP contribution in [0.4, 0.5) is 0 Å². The third-order valence-electron chi connectivity index (χ3n) is 3.03. The Hall–Kier alpha value is -1.64. The van der Waals surface area contributed by atoms with Crippen molar-refractivity contribution in [3.8, 4) is 5.69 Å². The molecule has 0 unspecified atom stereocenters. The van der Waals surface area contributed by atoms with Gasteiger partial charge in [0.2, 0.25) is 0 Å². The zero-order chi connectivity index (χ0) is 10.1. The van der Waals surface area contributed by atoms with E-state index in [0.717, 1.165) is 11.6 Å². The lowest BCUT2D eigenvalue weighted by atomic mass is 9.80. The highest BCUT2D eigenvalue weighted by atomic mass is 15.5. The third kappa shape index (κ3) is 1.54. The summed E-state index contributed by atoms with van der Waals surface area (Å²) in [4.78, 5) is 1.59. The fraction of sp³-hybridized carbons (Fsp3) is 0.333. The van der Waals surface area contributed by atoms with Gasteiger partial charge in [-0.05, 0) is 36.5 Å². The largest absolute Gasteiger partial charge is 0.157 e. The standard InChI is InChI=1S/C12H12N3/c1-2-10(3-1)11-4-6-12(7-5-11)15-13-8-9-14-15/h4-6,8-10H,1-3H2. The first kappa shape index (κ1) is 8.65. The number of hydrogen-bond donors (Lipinski definition) is 0. The average molecular weight is 198 g/mol. The first-order valence-corrected chi connectivity index (χ1v) is 5.32. The molecule has 1 aliphatic carbocycles. The van der Waals surface area contributed by atoms with Gasteiger partial charge in [0.1, 0.15) is 0 Å². The van der Waals surface area contributed by atoms with E-state index in [1.165, 1.54) is 24.8 Å². The van der Waals surface area contributed by atoms with Crippen LogP contribution < -0.4 is 0 Å². The molecule has 2 aromatic rings. The van der Waals surface area contributed by atoms with Crippen molar-refractivity contribution in [1.29, 1.82) is 0 Å². The van der Waals surface area contributed by atoms with Gasteiger partial charge >= 0.3 is 0 Å². The molecule has 1 aromatic carbocycles. The number of nitrogens with zero attached hydrogens (tertiary/aromatic N) is 3. The third-order valence-corrected chi connectivity index (χ3v) is 3.03. The predicted molar refractivity (Wildman–Crippen MR) is 56.8 cm³/mol. The summed E-state index contributed by atoms with van der Waals surface area (Å²) < 4.78 is 0. The van der Waals surface area contributed by atoms with Gasteiger partial charge in [-0.25, -0.2) is 0 Å². The summed E-state index contributed by atoms with van der Waals surface area (Å²) in [6.45, 7) is 0. The molecule has 1 aliphatic rings. The fourth-order valence-corrected chi connectivity index (χ4v) is 1.89. The van der Waals surface area contributed by atoms with Crippen molar-refractivity contribution < 1.29 is 0 Å². The molecule has 3 nitrogen and oxygen atoms in total. The zero-order valence-electron chi connectivity index (χ0n) is 8.43. The molecule has 0 saturated heterocycles. The summed E-state index contributed by atoms with van der Waals surface area (Å²) in [6, 6.07) is 9.50. The molecular formula is C12H12N3. The lowest BCUT2D eigenvalue weighted by Gasteiger charge is -2.25. The van der Waals surface area contributed by atoms with Gasteiger partial charge < -0.3 is 0 Å². The molecule has 1 heterocycles. The van der Waals surface area contributed by atoms with Gasteiger partial charge in [0.25, 0.3) is 0 Å². The number of benzene rings is 1. The highest BCUT2D eigenvalue weighted by molar-refractivity contribution is 5.33. The molecular weight excluding hydrogens is 186 g/mol. The molecule has 0 bridgehead atoms. The van der Waals surface area contributed by atoms with E-state index in [0.29, 0.717) is 0 Å². The monoisotopic (exact) mass is 198 g/mol. The minimum atomic E-state index is 0.765. The molecule has 15 heavy (non-hydrogen) atoms. The van der Waals surface area contributed by atoms with Crippen molar-refractivity contribution in [3.63, 3.8) is 0 Å². The average Bonchev–Trinajstić information content (AvgIpc) is 2.69. The molecule has 1 radical (unpaired) electrons. The van der Waals surface area contributed by atoms with Crippen molar-refractivity contribution in [2.75, 3.05) is 0 Å². The van der Waals surface area contributed by atoms with Crippen molar-refractivity contribution in [2.24, 2.45) is 0 Å². The van der Waals surface area contributed by atoms with Crippen molar-refractivity contribution in [2.45, 2.75) is 25.2 Å². The van der Waals surface area contributed by atoms with E-state index in [4.69, 9.17) is 0 Å². The minimum Gasteiger partial charge on any atom is -0.157 e. The number of hydrogen-bond acceptors (Lipinski definition) is 2. The van der Waals surface area contributed by atoms with Gasteiger partial charge in [0, 0.05) is 6.07 Å². The number of aromatic nitrogens is 3. The SMILES string of the molecule is [c]1cc(C2CCC2)ccc1-n1nccn1. The van der Waals surface area contributed by atoms with Gasteiger partial charge in [-0.1, -0.05) is 12.5 Å². The molecule has 3 heteroatoms. The molecule has 0 N–H and O–H groups in total. The fourth-order valence-electron chi connectivity index (χ4n) is 1.89. The molecule has 1 fully saturated rings. The van der Waals surface area contributed by atoms with Crippen LogP contribution in [0, 0.1) is 6.07 Å². The Labute approximate surface area is 88.7 Å². The van der Waals surface area contributed by atoms with Gasteiger partial charge in [-0.15, -0.1) is 0 Å². The van der Waals surface area contributed by atoms with E-state index in [1.807, 2.05) is 6.07 Å². The van der Waals surface area contributed by atoms with Crippen LogP contribution in [0.1, 0.15) is 30.7 Å². The van der Waals surface area contributed by atoms with E-state index >= 15 is 0 Å². The zero-order valence-corrected chi connectivity index (χ0v) is 8.43. The Morgan fingerprint density at radius 3 is 2.53 bits per heavy atom. The van der Waals surface area contributed by atoms with E-state index in [9.17, 15) is 0 Å². The second-order valence-electron chi connectivity index (χ2n) is 3.95. The second kappa shape index (κ2) is 3.50. The topological polar surface area (TPSA) is 30.7 Å². The molecule has 1 aromatic heterocycles. The summed E-state index contributed by atoms with van der Waals surface area (Å²) in [7, 11) is 0. The first-order valence-electron chi connectivity index (χ1n) is 5.32. The summed E-state index contributed by atoms with van der Waals surface area (Å²) in [5, 5.41) is 8.14. The van der Waals surface area contributed by atoms with Crippen LogP contribution in [-0.4, -0.2) is 15.0 Å². The predicted octanol–water partition coefficient (Wildman–Crippen LogP) is 2.33. The molecule has 1 saturated carbocycles. The van der Waals surface area contributed by atoms with Gasteiger partial charge in [-0.2, -0.15) is 15.0 Å². The normalized spacial score (nSPS) is 16.3. The number of rotatable bonds is 2. The molecule has 3 rings (SSSR count). The lowest BCUT2D eigenvalue weighted by molar-refractivity contribution is 0.419. The van der Waals surface area contributed by atoms with E-state index < -0.39 is 0 Å². The Morgan fingerprint density at radius 1 is 1.20 bits per heavy atom. The highest BCUT2D eigenvalue weighted by Crippen LogP contribution is 2.36. The maximum Gasteiger partial charge on any atom is 0.0935 e. The van der Waals surface area contributed by atoms with Crippen LogP contribution in [0.15, 0.2) is 30.6 Å². The Bertz CT molecular complexity index is 426. The molecule has 0 aliphatic heterocycles. The summed E-state index contributed by atoms with van der Waals surface area (Å²) in [6.07, 6.45) is 7.37. The van der Waals surface area contributed by atoms with Crippen molar-refractivity contribution >= 4 is 0 Å². The molecule has 75 valence electrons. The van der Waals surface area contributed by atoms with Crippen LogP contribution in [-0.2, 0) is 0 Å². The maximum absolute atomic E-state index is 4.07. The van der Waals surface area contributed by atoms with Crippen LogP contribution in [0.3, 0.4) is 0 Å². The summed E-state index contributed by atoms with van der Waals surface area (Å²) >= 11 is 0. The lowest BCUT2D eigenvalue weighted by Crippen LogP contribution is -2.08. The maximum atomic E-state index is 4.07. The second-order valence-corrected chi connectivity index (χ2v) is 3.95. The van der Waals surface area contributed by atoms with Crippen molar-refractivity contribution in [3.05, 3.63) is 42.2 Å². The smallest absolute Gasteiger partial charge is 0.0935 e. The van der Waals surface area contributed by atoms with Crippen LogP contribution in [0.25, 0.3) is 5.69 Å².